The molecule has 1 aromatic rings. The van der Waals surface area contributed by atoms with Gasteiger partial charge in [0.25, 0.3) is 0 Å². The highest BCUT2D eigenvalue weighted by Gasteiger charge is 2.19. The predicted octanol–water partition coefficient (Wildman–Crippen LogP) is 3.02. The number of pyridine rings is 1. The van der Waals surface area contributed by atoms with E-state index in [4.69, 9.17) is 0 Å². The molecule has 1 saturated heterocycles. The van der Waals surface area contributed by atoms with E-state index in [1.54, 1.807) is 12.3 Å². The molecule has 110 valence electrons. The van der Waals surface area contributed by atoms with Crippen LogP contribution >= 0.6 is 0 Å². The number of esters is 1. The average molecular weight is 276 g/mol. The molecule has 1 unspecified atom stereocenters. The molecule has 4 heteroatoms. The summed E-state index contributed by atoms with van der Waals surface area (Å²) in [5.41, 5.74) is 1.54. The smallest absolute Gasteiger partial charge is 0.339 e. The number of ether oxygens (including phenoxy) is 1. The van der Waals surface area contributed by atoms with Gasteiger partial charge < -0.3 is 4.74 Å². The Balaban J connectivity index is 2.02. The third kappa shape index (κ3) is 3.79. The van der Waals surface area contributed by atoms with Crippen LogP contribution in [0.3, 0.4) is 0 Å². The second-order valence-electron chi connectivity index (χ2n) is 5.41. The van der Waals surface area contributed by atoms with Crippen molar-refractivity contribution in [2.24, 2.45) is 0 Å². The van der Waals surface area contributed by atoms with Crippen LogP contribution in [0, 0.1) is 0 Å². The Bertz CT molecular complexity index is 431. The third-order valence-corrected chi connectivity index (χ3v) is 4.08. The van der Waals surface area contributed by atoms with Crippen molar-refractivity contribution in [1.82, 2.24) is 9.88 Å². The summed E-state index contributed by atoms with van der Waals surface area (Å²) in [5.74, 6) is -0.328. The predicted molar refractivity (Wildman–Crippen MR) is 78.5 cm³/mol. The van der Waals surface area contributed by atoms with Gasteiger partial charge in [-0.05, 0) is 37.9 Å². The highest BCUT2D eigenvalue weighted by atomic mass is 16.5. The van der Waals surface area contributed by atoms with Crippen LogP contribution in [0.15, 0.2) is 18.3 Å². The van der Waals surface area contributed by atoms with Crippen molar-refractivity contribution < 1.29 is 9.53 Å². The topological polar surface area (TPSA) is 42.4 Å². The number of nitrogens with zero attached hydrogens (tertiary/aromatic N) is 2. The standard InChI is InChI=1S/C16H24N2O2/c1-3-15-7-5-4-6-10-18(15)12-14-9-8-13(11-17-14)16(19)20-2/h8-9,11,15H,3-7,10,12H2,1-2H3. The first-order valence-electron chi connectivity index (χ1n) is 7.52. The molecule has 1 fully saturated rings. The van der Waals surface area contributed by atoms with E-state index in [1.165, 1.54) is 39.2 Å². The molecule has 0 saturated carbocycles. The molecule has 20 heavy (non-hydrogen) atoms. The van der Waals surface area contributed by atoms with Crippen LogP contribution in [0.25, 0.3) is 0 Å². The zero-order valence-corrected chi connectivity index (χ0v) is 12.5. The van der Waals surface area contributed by atoms with Crippen LogP contribution in [-0.2, 0) is 11.3 Å². The quantitative estimate of drug-likeness (QED) is 0.793. The number of carbonyl (C=O) groups is 1. The van der Waals surface area contributed by atoms with Gasteiger partial charge in [-0.3, -0.25) is 9.88 Å². The second-order valence-corrected chi connectivity index (χ2v) is 5.41. The van der Waals surface area contributed by atoms with E-state index in [-0.39, 0.29) is 5.97 Å². The lowest BCUT2D eigenvalue weighted by molar-refractivity contribution is 0.0600. The Morgan fingerprint density at radius 1 is 1.40 bits per heavy atom. The van der Waals surface area contributed by atoms with Gasteiger partial charge in [-0.25, -0.2) is 4.79 Å². The molecule has 0 amide bonds. The molecule has 1 atom stereocenters. The summed E-state index contributed by atoms with van der Waals surface area (Å²) in [6.45, 7) is 4.29. The van der Waals surface area contributed by atoms with Gasteiger partial charge in [0.1, 0.15) is 0 Å². The Kier molecular flexibility index (Phi) is 5.53. The van der Waals surface area contributed by atoms with Crippen molar-refractivity contribution in [3.8, 4) is 0 Å². The first kappa shape index (κ1) is 15.0. The normalized spacial score (nSPS) is 20.4. The van der Waals surface area contributed by atoms with Crippen molar-refractivity contribution >= 4 is 5.97 Å². The zero-order valence-electron chi connectivity index (χ0n) is 12.5. The van der Waals surface area contributed by atoms with Gasteiger partial charge in [-0.2, -0.15) is 0 Å². The summed E-state index contributed by atoms with van der Waals surface area (Å²) in [4.78, 5) is 18.3. The monoisotopic (exact) mass is 276 g/mol. The van der Waals surface area contributed by atoms with Gasteiger partial charge in [0.05, 0.1) is 18.4 Å². The first-order chi connectivity index (χ1) is 9.74. The number of hydrogen-bond donors (Lipinski definition) is 0. The molecule has 2 heterocycles. The fourth-order valence-corrected chi connectivity index (χ4v) is 2.87. The van der Waals surface area contributed by atoms with Gasteiger partial charge in [-0.1, -0.05) is 19.8 Å². The van der Waals surface area contributed by atoms with Gasteiger partial charge in [0, 0.05) is 18.8 Å². The van der Waals surface area contributed by atoms with Gasteiger partial charge >= 0.3 is 5.97 Å². The number of rotatable bonds is 4. The fourth-order valence-electron chi connectivity index (χ4n) is 2.87. The number of likely N-dealkylation sites (tertiary alicyclic amines) is 1. The minimum atomic E-state index is -0.328. The lowest BCUT2D eigenvalue weighted by Gasteiger charge is -2.28. The molecular formula is C16H24N2O2. The van der Waals surface area contributed by atoms with Crippen molar-refractivity contribution in [2.75, 3.05) is 13.7 Å². The highest BCUT2D eigenvalue weighted by Crippen LogP contribution is 2.20. The van der Waals surface area contributed by atoms with E-state index in [2.05, 4.69) is 21.5 Å². The lowest BCUT2D eigenvalue weighted by Crippen LogP contribution is -2.34. The van der Waals surface area contributed by atoms with E-state index >= 15 is 0 Å². The van der Waals surface area contributed by atoms with E-state index < -0.39 is 0 Å². The molecule has 0 aromatic carbocycles. The van der Waals surface area contributed by atoms with Crippen LogP contribution in [0.4, 0.5) is 0 Å². The molecule has 0 radical (unpaired) electrons. The van der Waals surface area contributed by atoms with Crippen molar-refractivity contribution in [3.05, 3.63) is 29.6 Å². The molecule has 4 nitrogen and oxygen atoms in total. The maximum absolute atomic E-state index is 11.4. The molecule has 2 rings (SSSR count). The summed E-state index contributed by atoms with van der Waals surface area (Å²) >= 11 is 0. The van der Waals surface area contributed by atoms with Gasteiger partial charge in [-0.15, -0.1) is 0 Å². The van der Waals surface area contributed by atoms with E-state index in [9.17, 15) is 4.79 Å². The highest BCUT2D eigenvalue weighted by molar-refractivity contribution is 5.88. The lowest BCUT2D eigenvalue weighted by atomic mass is 10.1. The van der Waals surface area contributed by atoms with Crippen molar-refractivity contribution in [1.29, 1.82) is 0 Å². The number of hydrogen-bond acceptors (Lipinski definition) is 4. The molecule has 0 N–H and O–H groups in total. The van der Waals surface area contributed by atoms with Crippen molar-refractivity contribution in [3.63, 3.8) is 0 Å². The summed E-state index contributed by atoms with van der Waals surface area (Å²) in [6.07, 6.45) is 8.04. The summed E-state index contributed by atoms with van der Waals surface area (Å²) in [7, 11) is 1.39. The largest absolute Gasteiger partial charge is 0.465 e. The second kappa shape index (κ2) is 7.39. The maximum atomic E-state index is 11.4. The summed E-state index contributed by atoms with van der Waals surface area (Å²) in [5, 5.41) is 0. The number of methoxy groups -OCH3 is 1. The van der Waals surface area contributed by atoms with Crippen molar-refractivity contribution in [2.45, 2.75) is 51.6 Å². The molecule has 0 bridgehead atoms. The average Bonchev–Trinajstić information content (AvgIpc) is 2.72. The third-order valence-electron chi connectivity index (χ3n) is 4.08. The van der Waals surface area contributed by atoms with Gasteiger partial charge in [0.15, 0.2) is 0 Å². The Hall–Kier alpha value is -1.42. The van der Waals surface area contributed by atoms with E-state index in [1.807, 2.05) is 6.07 Å². The molecule has 1 aromatic heterocycles. The van der Waals surface area contributed by atoms with Gasteiger partial charge in [0.2, 0.25) is 0 Å². The SMILES string of the molecule is CCC1CCCCCN1Cc1ccc(C(=O)OC)cn1. The zero-order chi connectivity index (χ0) is 14.4. The molecular weight excluding hydrogens is 252 g/mol. The first-order valence-corrected chi connectivity index (χ1v) is 7.52. The summed E-state index contributed by atoms with van der Waals surface area (Å²) in [6, 6.07) is 4.40. The van der Waals surface area contributed by atoms with E-state index in [0.717, 1.165) is 18.8 Å². The van der Waals surface area contributed by atoms with Crippen LogP contribution in [0.5, 0.6) is 0 Å². The molecule has 1 aliphatic heterocycles. The Morgan fingerprint density at radius 3 is 2.90 bits per heavy atom. The fraction of sp³-hybridized carbons (Fsp3) is 0.625. The number of carbonyl (C=O) groups excluding carboxylic acids is 1. The maximum Gasteiger partial charge on any atom is 0.339 e. The Labute approximate surface area is 121 Å². The molecule has 0 spiro atoms. The molecule has 0 aliphatic carbocycles. The van der Waals surface area contributed by atoms with Crippen LogP contribution in [0.1, 0.15) is 55.1 Å². The Morgan fingerprint density at radius 2 is 2.25 bits per heavy atom. The van der Waals surface area contributed by atoms with Crippen LogP contribution in [-0.4, -0.2) is 35.5 Å². The molecule has 1 aliphatic rings. The minimum Gasteiger partial charge on any atom is -0.465 e. The van der Waals surface area contributed by atoms with Crippen LogP contribution in [0.2, 0.25) is 0 Å². The van der Waals surface area contributed by atoms with Crippen LogP contribution < -0.4 is 0 Å². The summed E-state index contributed by atoms with van der Waals surface area (Å²) < 4.78 is 4.69. The number of aromatic nitrogens is 1. The minimum absolute atomic E-state index is 0.328. The van der Waals surface area contributed by atoms with E-state index in [0.29, 0.717) is 11.6 Å².